The van der Waals surface area contributed by atoms with Gasteiger partial charge in [-0.2, -0.15) is 5.10 Å². The molecule has 4 rings (SSSR count). The molecule has 110 valence electrons. The second-order valence-electron chi connectivity index (χ2n) is 5.13. The highest BCUT2D eigenvalue weighted by Crippen LogP contribution is 2.16. The van der Waals surface area contributed by atoms with Crippen molar-refractivity contribution in [2.24, 2.45) is 0 Å². The summed E-state index contributed by atoms with van der Waals surface area (Å²) in [7, 11) is 0. The molecule has 0 N–H and O–H groups in total. The molecule has 0 radical (unpaired) electrons. The molecule has 0 aliphatic carbocycles. The van der Waals surface area contributed by atoms with Gasteiger partial charge < -0.3 is 0 Å². The van der Waals surface area contributed by atoms with Crippen LogP contribution in [0.3, 0.4) is 0 Å². The summed E-state index contributed by atoms with van der Waals surface area (Å²) in [4.78, 5) is 9.04. The third-order valence-electron chi connectivity index (χ3n) is 3.58. The van der Waals surface area contributed by atoms with Crippen LogP contribution in [0.4, 0.5) is 0 Å². The van der Waals surface area contributed by atoms with Gasteiger partial charge in [-0.15, -0.1) is 5.10 Å². The van der Waals surface area contributed by atoms with Crippen molar-refractivity contribution in [2.75, 3.05) is 0 Å². The van der Waals surface area contributed by atoms with E-state index in [9.17, 15) is 0 Å². The molecule has 0 saturated heterocycles. The Labute approximate surface area is 134 Å². The van der Waals surface area contributed by atoms with Gasteiger partial charge in [0.25, 0.3) is 0 Å². The lowest BCUT2D eigenvalue weighted by molar-refractivity contribution is 0.595. The van der Waals surface area contributed by atoms with E-state index in [1.54, 1.807) is 10.8 Å². The molecular formula is C15H13BrN6. The Morgan fingerprint density at radius 1 is 1.18 bits per heavy atom. The second kappa shape index (κ2) is 5.17. The van der Waals surface area contributed by atoms with Gasteiger partial charge in [-0.3, -0.25) is 4.68 Å². The topological polar surface area (TPSA) is 60.9 Å². The van der Waals surface area contributed by atoms with E-state index < -0.39 is 0 Å². The van der Waals surface area contributed by atoms with Crippen molar-refractivity contribution in [2.45, 2.75) is 19.9 Å². The lowest BCUT2D eigenvalue weighted by Gasteiger charge is -1.96. The van der Waals surface area contributed by atoms with Crippen molar-refractivity contribution in [1.29, 1.82) is 0 Å². The standard InChI is InChI=1S/C15H13BrN6/c1-10-12(16)8-21(19-10)7-6-14-18-15-11-4-2-3-5-13(11)17-9-22(15)20-14/h2-5,8-9H,6-7H2,1H3. The SMILES string of the molecule is Cc1nn(CCc2nc3c4ccccc4ncn3n2)cc1Br. The van der Waals surface area contributed by atoms with E-state index in [0.29, 0.717) is 0 Å². The molecule has 0 saturated carbocycles. The monoisotopic (exact) mass is 356 g/mol. The number of fused-ring (bicyclic) bond motifs is 3. The van der Waals surface area contributed by atoms with E-state index in [2.05, 4.69) is 36.1 Å². The van der Waals surface area contributed by atoms with Crippen molar-refractivity contribution in [3.63, 3.8) is 0 Å². The van der Waals surface area contributed by atoms with E-state index >= 15 is 0 Å². The number of hydrogen-bond donors (Lipinski definition) is 0. The van der Waals surface area contributed by atoms with Gasteiger partial charge in [0.05, 0.1) is 15.7 Å². The van der Waals surface area contributed by atoms with Crippen molar-refractivity contribution in [3.05, 3.63) is 52.8 Å². The van der Waals surface area contributed by atoms with E-state index in [0.717, 1.165) is 45.5 Å². The lowest BCUT2D eigenvalue weighted by atomic mass is 10.2. The van der Waals surface area contributed by atoms with Crippen LogP contribution < -0.4 is 0 Å². The van der Waals surface area contributed by atoms with Crippen LogP contribution in [-0.4, -0.2) is 29.4 Å². The predicted molar refractivity (Wildman–Crippen MR) is 86.7 cm³/mol. The molecule has 3 heterocycles. The van der Waals surface area contributed by atoms with E-state index in [1.807, 2.05) is 42.1 Å². The Balaban J connectivity index is 1.66. The summed E-state index contributed by atoms with van der Waals surface area (Å²) in [5.41, 5.74) is 2.76. The molecule has 0 aliphatic heterocycles. The largest absolute Gasteiger partial charge is 0.271 e. The van der Waals surface area contributed by atoms with Gasteiger partial charge in [0.15, 0.2) is 11.5 Å². The molecule has 3 aromatic heterocycles. The normalized spacial score (nSPS) is 11.5. The van der Waals surface area contributed by atoms with Crippen LogP contribution in [0.2, 0.25) is 0 Å². The first-order valence-corrected chi connectivity index (χ1v) is 7.78. The predicted octanol–water partition coefficient (Wildman–Crippen LogP) is 2.79. The Kier molecular flexibility index (Phi) is 3.15. The molecule has 7 heteroatoms. The minimum atomic E-state index is 0.726. The summed E-state index contributed by atoms with van der Waals surface area (Å²) < 4.78 is 4.66. The number of benzene rings is 1. The smallest absolute Gasteiger partial charge is 0.166 e. The van der Waals surface area contributed by atoms with Crippen LogP contribution in [0.25, 0.3) is 16.6 Å². The number of nitrogens with zero attached hydrogens (tertiary/aromatic N) is 6. The maximum atomic E-state index is 4.64. The average Bonchev–Trinajstić information content (AvgIpc) is 3.09. The third-order valence-corrected chi connectivity index (χ3v) is 4.36. The van der Waals surface area contributed by atoms with Gasteiger partial charge in [-0.1, -0.05) is 12.1 Å². The first-order valence-electron chi connectivity index (χ1n) is 6.99. The van der Waals surface area contributed by atoms with Crippen LogP contribution in [0, 0.1) is 6.92 Å². The molecule has 0 bridgehead atoms. The van der Waals surface area contributed by atoms with Crippen molar-refractivity contribution in [1.82, 2.24) is 29.4 Å². The fourth-order valence-electron chi connectivity index (χ4n) is 2.45. The molecule has 0 amide bonds. The summed E-state index contributed by atoms with van der Waals surface area (Å²) in [5.74, 6) is 0.794. The zero-order chi connectivity index (χ0) is 15.1. The van der Waals surface area contributed by atoms with E-state index in [4.69, 9.17) is 0 Å². The van der Waals surface area contributed by atoms with Gasteiger partial charge in [0, 0.05) is 24.5 Å². The van der Waals surface area contributed by atoms with Gasteiger partial charge in [0.2, 0.25) is 0 Å². The van der Waals surface area contributed by atoms with Crippen molar-refractivity contribution in [3.8, 4) is 0 Å². The summed E-state index contributed by atoms with van der Waals surface area (Å²) in [6, 6.07) is 7.96. The van der Waals surface area contributed by atoms with Crippen molar-refractivity contribution >= 4 is 32.5 Å². The second-order valence-corrected chi connectivity index (χ2v) is 5.99. The van der Waals surface area contributed by atoms with Gasteiger partial charge in [-0.25, -0.2) is 14.5 Å². The highest BCUT2D eigenvalue weighted by Gasteiger charge is 2.09. The molecule has 0 spiro atoms. The van der Waals surface area contributed by atoms with Crippen LogP contribution in [0.5, 0.6) is 0 Å². The number of hydrogen-bond acceptors (Lipinski definition) is 4. The van der Waals surface area contributed by atoms with E-state index in [1.165, 1.54) is 0 Å². The van der Waals surface area contributed by atoms with E-state index in [-0.39, 0.29) is 0 Å². The first kappa shape index (κ1) is 13.4. The molecule has 22 heavy (non-hydrogen) atoms. The minimum absolute atomic E-state index is 0.726. The Bertz CT molecular complexity index is 951. The molecule has 0 aliphatic rings. The Morgan fingerprint density at radius 3 is 2.86 bits per heavy atom. The molecular weight excluding hydrogens is 344 g/mol. The van der Waals surface area contributed by atoms with Gasteiger partial charge in [-0.05, 0) is 35.0 Å². The molecule has 4 aromatic rings. The maximum Gasteiger partial charge on any atom is 0.166 e. The quantitative estimate of drug-likeness (QED) is 0.566. The summed E-state index contributed by atoms with van der Waals surface area (Å²) in [5, 5.41) is 9.94. The van der Waals surface area contributed by atoms with Gasteiger partial charge in [0.1, 0.15) is 6.33 Å². The zero-order valence-corrected chi connectivity index (χ0v) is 13.5. The van der Waals surface area contributed by atoms with Crippen LogP contribution in [0.15, 0.2) is 41.3 Å². The molecule has 0 unspecified atom stereocenters. The number of aromatic nitrogens is 6. The summed E-state index contributed by atoms with van der Waals surface area (Å²) in [6.45, 7) is 2.72. The highest BCUT2D eigenvalue weighted by atomic mass is 79.9. The highest BCUT2D eigenvalue weighted by molar-refractivity contribution is 9.10. The van der Waals surface area contributed by atoms with Gasteiger partial charge >= 0.3 is 0 Å². The fraction of sp³-hybridized carbons (Fsp3) is 0.200. The summed E-state index contributed by atoms with van der Waals surface area (Å²) in [6.07, 6.45) is 4.41. The third kappa shape index (κ3) is 2.27. The number of halogens is 1. The molecule has 0 atom stereocenters. The molecule has 6 nitrogen and oxygen atoms in total. The molecule has 1 aromatic carbocycles. The fourth-order valence-corrected chi connectivity index (χ4v) is 2.77. The maximum absolute atomic E-state index is 4.64. The number of para-hydroxylation sites is 1. The van der Waals surface area contributed by atoms with Crippen LogP contribution >= 0.6 is 15.9 Å². The number of aryl methyl sites for hydroxylation is 3. The zero-order valence-electron chi connectivity index (χ0n) is 11.9. The average molecular weight is 357 g/mol. The first-order chi connectivity index (χ1) is 10.7. The van der Waals surface area contributed by atoms with Crippen molar-refractivity contribution < 1.29 is 0 Å². The Morgan fingerprint density at radius 2 is 2.05 bits per heavy atom. The molecule has 0 fully saturated rings. The lowest BCUT2D eigenvalue weighted by Crippen LogP contribution is -2.03. The van der Waals surface area contributed by atoms with Crippen LogP contribution in [-0.2, 0) is 13.0 Å². The van der Waals surface area contributed by atoms with Crippen LogP contribution in [0.1, 0.15) is 11.5 Å². The summed E-state index contributed by atoms with van der Waals surface area (Å²) >= 11 is 3.47. The number of rotatable bonds is 3. The minimum Gasteiger partial charge on any atom is -0.271 e. The Hall–Kier alpha value is -2.28.